The Morgan fingerprint density at radius 1 is 0.545 bits per heavy atom. The van der Waals surface area contributed by atoms with E-state index in [1.54, 1.807) is 0 Å². The molecule has 0 unspecified atom stereocenters. The maximum Gasteiger partial charge on any atom is 0.0320 e. The van der Waals surface area contributed by atoms with Gasteiger partial charge in [-0.3, -0.25) is 0 Å². The molecule has 0 spiro atoms. The molecular formula is C20H22N2. The van der Waals surface area contributed by atoms with Crippen LogP contribution in [0.3, 0.4) is 0 Å². The average molecular weight is 290 g/mol. The van der Waals surface area contributed by atoms with E-state index in [2.05, 4.69) is 24.3 Å². The van der Waals surface area contributed by atoms with Crippen molar-refractivity contribution in [3.05, 3.63) is 72.8 Å². The third-order valence-corrected chi connectivity index (χ3v) is 3.32. The fraction of sp³-hybridized carbons (Fsp3) is 0.100. The molecule has 0 saturated heterocycles. The highest BCUT2D eigenvalue weighted by molar-refractivity contribution is 5.85. The van der Waals surface area contributed by atoms with Crippen molar-refractivity contribution >= 4 is 11.4 Å². The van der Waals surface area contributed by atoms with Gasteiger partial charge in [0.2, 0.25) is 0 Å². The van der Waals surface area contributed by atoms with Crippen molar-refractivity contribution in [3.63, 3.8) is 0 Å². The van der Waals surface area contributed by atoms with E-state index in [4.69, 9.17) is 11.5 Å². The van der Waals surface area contributed by atoms with Crippen molar-refractivity contribution in [2.24, 2.45) is 0 Å². The first kappa shape index (κ1) is 15.6. The summed E-state index contributed by atoms with van der Waals surface area (Å²) in [6, 6.07) is 24.1. The van der Waals surface area contributed by atoms with Gasteiger partial charge in [-0.05, 0) is 46.5 Å². The van der Waals surface area contributed by atoms with Gasteiger partial charge in [-0.15, -0.1) is 0 Å². The summed E-state index contributed by atoms with van der Waals surface area (Å²) in [5.74, 6) is 0. The monoisotopic (exact) mass is 290 g/mol. The summed E-state index contributed by atoms with van der Waals surface area (Å²) in [4.78, 5) is 0. The van der Waals surface area contributed by atoms with Crippen LogP contribution in [0.4, 0.5) is 11.4 Å². The Morgan fingerprint density at radius 3 is 1.32 bits per heavy atom. The van der Waals surface area contributed by atoms with Gasteiger partial charge < -0.3 is 11.5 Å². The molecule has 112 valence electrons. The molecule has 0 aliphatic carbocycles. The minimum atomic E-state index is 0.768. The Bertz CT molecular complexity index is 683. The summed E-state index contributed by atoms with van der Waals surface area (Å²) in [5.41, 5.74) is 17.9. The van der Waals surface area contributed by atoms with Gasteiger partial charge in [-0.25, -0.2) is 0 Å². The molecule has 0 amide bonds. The molecule has 2 heteroatoms. The van der Waals surface area contributed by atoms with Crippen molar-refractivity contribution in [3.8, 4) is 22.3 Å². The summed E-state index contributed by atoms with van der Waals surface area (Å²) in [5, 5.41) is 0. The number of rotatable bonds is 2. The first-order valence-electron chi connectivity index (χ1n) is 7.55. The van der Waals surface area contributed by atoms with Crippen LogP contribution in [0.25, 0.3) is 22.3 Å². The molecule has 0 aliphatic rings. The van der Waals surface area contributed by atoms with Gasteiger partial charge >= 0.3 is 0 Å². The van der Waals surface area contributed by atoms with Crippen LogP contribution in [-0.2, 0) is 0 Å². The number of benzene rings is 3. The highest BCUT2D eigenvalue weighted by atomic mass is 14.5. The average Bonchev–Trinajstić information content (AvgIpc) is 2.57. The van der Waals surface area contributed by atoms with Crippen LogP contribution in [0.1, 0.15) is 13.8 Å². The van der Waals surface area contributed by atoms with E-state index >= 15 is 0 Å². The van der Waals surface area contributed by atoms with Crippen molar-refractivity contribution in [2.75, 3.05) is 11.5 Å². The highest BCUT2D eigenvalue weighted by Gasteiger charge is 2.07. The van der Waals surface area contributed by atoms with Gasteiger partial charge in [-0.2, -0.15) is 0 Å². The molecule has 4 N–H and O–H groups in total. The SMILES string of the molecule is CC.Nc1cccc(-c2ccccc2-c2cccc(N)c2)c1. The second-order valence-electron chi connectivity index (χ2n) is 4.80. The van der Waals surface area contributed by atoms with Crippen molar-refractivity contribution < 1.29 is 0 Å². The quantitative estimate of drug-likeness (QED) is 0.636. The van der Waals surface area contributed by atoms with E-state index in [-0.39, 0.29) is 0 Å². The molecule has 2 nitrogen and oxygen atoms in total. The Labute approximate surface area is 132 Å². The third-order valence-electron chi connectivity index (χ3n) is 3.32. The normalized spacial score (nSPS) is 9.73. The fourth-order valence-corrected chi connectivity index (χ4v) is 2.40. The molecule has 0 atom stereocenters. The first-order valence-corrected chi connectivity index (χ1v) is 7.55. The zero-order valence-electron chi connectivity index (χ0n) is 13.1. The van der Waals surface area contributed by atoms with Gasteiger partial charge in [0.25, 0.3) is 0 Å². The molecule has 0 fully saturated rings. The molecule has 3 aromatic rings. The lowest BCUT2D eigenvalue weighted by molar-refractivity contribution is 1.50. The van der Waals surface area contributed by atoms with Crippen LogP contribution in [0.15, 0.2) is 72.8 Å². The van der Waals surface area contributed by atoms with Crippen LogP contribution in [0.2, 0.25) is 0 Å². The standard InChI is InChI=1S/C18H16N2.C2H6/c19-15-7-3-5-13(11-15)17-9-1-2-10-18(17)14-6-4-8-16(20)12-14;1-2/h1-12H,19-20H2;1-2H3. The van der Waals surface area contributed by atoms with Gasteiger partial charge in [0.1, 0.15) is 0 Å². The Kier molecular flexibility index (Phi) is 5.21. The molecule has 0 bridgehead atoms. The molecule has 3 aromatic carbocycles. The van der Waals surface area contributed by atoms with E-state index in [0.717, 1.165) is 33.6 Å². The van der Waals surface area contributed by atoms with Gasteiger partial charge in [0, 0.05) is 11.4 Å². The van der Waals surface area contributed by atoms with Crippen LogP contribution in [-0.4, -0.2) is 0 Å². The van der Waals surface area contributed by atoms with E-state index in [9.17, 15) is 0 Å². The second-order valence-corrected chi connectivity index (χ2v) is 4.80. The van der Waals surface area contributed by atoms with Crippen molar-refractivity contribution in [1.29, 1.82) is 0 Å². The molecule has 0 saturated carbocycles. The fourth-order valence-electron chi connectivity index (χ4n) is 2.40. The topological polar surface area (TPSA) is 52.0 Å². The third kappa shape index (κ3) is 3.47. The number of nitrogens with two attached hydrogens (primary N) is 2. The maximum atomic E-state index is 5.89. The largest absolute Gasteiger partial charge is 0.399 e. The van der Waals surface area contributed by atoms with Gasteiger partial charge in [0.05, 0.1) is 0 Å². The first-order chi connectivity index (χ1) is 10.7. The Balaban J connectivity index is 0.000000847. The number of anilines is 2. The summed E-state index contributed by atoms with van der Waals surface area (Å²) in [6.45, 7) is 4.00. The summed E-state index contributed by atoms with van der Waals surface area (Å²) in [6.07, 6.45) is 0. The summed E-state index contributed by atoms with van der Waals surface area (Å²) >= 11 is 0. The molecule has 0 heterocycles. The molecule has 0 aromatic heterocycles. The molecule has 0 aliphatic heterocycles. The molecular weight excluding hydrogens is 268 g/mol. The smallest absolute Gasteiger partial charge is 0.0320 e. The van der Waals surface area contributed by atoms with Crippen LogP contribution in [0, 0.1) is 0 Å². The number of nitrogen functional groups attached to an aromatic ring is 2. The Hall–Kier alpha value is -2.74. The van der Waals surface area contributed by atoms with E-state index in [0.29, 0.717) is 0 Å². The van der Waals surface area contributed by atoms with Crippen LogP contribution >= 0.6 is 0 Å². The van der Waals surface area contributed by atoms with Crippen LogP contribution in [0.5, 0.6) is 0 Å². The van der Waals surface area contributed by atoms with Gasteiger partial charge in [-0.1, -0.05) is 62.4 Å². The lowest BCUT2D eigenvalue weighted by atomic mass is 9.94. The minimum Gasteiger partial charge on any atom is -0.399 e. The lowest BCUT2D eigenvalue weighted by Gasteiger charge is -2.11. The maximum absolute atomic E-state index is 5.89. The number of hydrogen-bond acceptors (Lipinski definition) is 2. The van der Waals surface area contributed by atoms with E-state index < -0.39 is 0 Å². The summed E-state index contributed by atoms with van der Waals surface area (Å²) in [7, 11) is 0. The van der Waals surface area contributed by atoms with Crippen LogP contribution < -0.4 is 11.5 Å². The molecule has 3 rings (SSSR count). The second kappa shape index (κ2) is 7.32. The zero-order chi connectivity index (χ0) is 15.9. The highest BCUT2D eigenvalue weighted by Crippen LogP contribution is 2.33. The van der Waals surface area contributed by atoms with Crippen molar-refractivity contribution in [1.82, 2.24) is 0 Å². The molecule has 22 heavy (non-hydrogen) atoms. The molecule has 0 radical (unpaired) electrons. The van der Waals surface area contributed by atoms with Crippen molar-refractivity contribution in [2.45, 2.75) is 13.8 Å². The predicted molar refractivity (Wildman–Crippen MR) is 97.5 cm³/mol. The summed E-state index contributed by atoms with van der Waals surface area (Å²) < 4.78 is 0. The minimum absolute atomic E-state index is 0.768. The zero-order valence-corrected chi connectivity index (χ0v) is 13.1. The van der Waals surface area contributed by atoms with E-state index in [1.165, 1.54) is 0 Å². The predicted octanol–water partition coefficient (Wildman–Crippen LogP) is 5.21. The van der Waals surface area contributed by atoms with Gasteiger partial charge in [0.15, 0.2) is 0 Å². The Morgan fingerprint density at radius 2 is 0.955 bits per heavy atom. The lowest BCUT2D eigenvalue weighted by Crippen LogP contribution is -1.89. The van der Waals surface area contributed by atoms with E-state index in [1.807, 2.05) is 62.4 Å². The number of hydrogen-bond donors (Lipinski definition) is 2.